The van der Waals surface area contributed by atoms with Crippen molar-refractivity contribution >= 4 is 5.78 Å². The lowest BCUT2D eigenvalue weighted by molar-refractivity contribution is 0.0872. The molecule has 0 bridgehead atoms. The van der Waals surface area contributed by atoms with Gasteiger partial charge in [0.1, 0.15) is 6.10 Å². The monoisotopic (exact) mass is 276 g/mol. The van der Waals surface area contributed by atoms with Crippen LogP contribution < -0.4 is 9.47 Å². The number of carbonyl (C=O) groups excluding carboxylic acids is 1. The summed E-state index contributed by atoms with van der Waals surface area (Å²) in [7, 11) is 1.62. The minimum absolute atomic E-state index is 0.0407. The Balaban J connectivity index is 2.17. The molecule has 110 valence electrons. The maximum absolute atomic E-state index is 11.4. The van der Waals surface area contributed by atoms with E-state index in [0.29, 0.717) is 17.2 Å². The number of hydrogen-bond donors (Lipinski definition) is 0. The molecule has 1 aromatic carbocycles. The van der Waals surface area contributed by atoms with Gasteiger partial charge in [0.2, 0.25) is 0 Å². The van der Waals surface area contributed by atoms with E-state index in [4.69, 9.17) is 9.47 Å². The molecular weight excluding hydrogens is 252 g/mol. The van der Waals surface area contributed by atoms with E-state index in [9.17, 15) is 4.79 Å². The van der Waals surface area contributed by atoms with Gasteiger partial charge in [0, 0.05) is 5.56 Å². The number of benzene rings is 1. The first-order valence-electron chi connectivity index (χ1n) is 7.51. The Bertz CT molecular complexity index is 467. The average Bonchev–Trinajstić information content (AvgIpc) is 2.48. The molecule has 0 saturated heterocycles. The molecule has 0 N–H and O–H groups in total. The van der Waals surface area contributed by atoms with E-state index in [0.717, 1.165) is 18.6 Å². The number of rotatable bonds is 5. The Morgan fingerprint density at radius 3 is 2.65 bits per heavy atom. The summed E-state index contributed by atoms with van der Waals surface area (Å²) in [6.45, 7) is 3.78. The lowest BCUT2D eigenvalue weighted by Crippen LogP contribution is -2.30. The molecule has 0 spiro atoms. The van der Waals surface area contributed by atoms with Crippen molar-refractivity contribution < 1.29 is 14.3 Å². The summed E-state index contributed by atoms with van der Waals surface area (Å²) in [5.41, 5.74) is 0.657. The lowest BCUT2D eigenvalue weighted by Gasteiger charge is -2.31. The summed E-state index contributed by atoms with van der Waals surface area (Å²) in [4.78, 5) is 11.4. The fourth-order valence-corrected chi connectivity index (χ4v) is 2.94. The third kappa shape index (κ3) is 3.33. The predicted molar refractivity (Wildman–Crippen MR) is 79.7 cm³/mol. The van der Waals surface area contributed by atoms with Crippen molar-refractivity contribution in [3.63, 3.8) is 0 Å². The van der Waals surface area contributed by atoms with Gasteiger partial charge in [-0.25, -0.2) is 0 Å². The molecular formula is C17H24O3. The van der Waals surface area contributed by atoms with E-state index < -0.39 is 0 Å². The molecule has 1 aliphatic rings. The Hall–Kier alpha value is -1.51. The first kappa shape index (κ1) is 14.9. The van der Waals surface area contributed by atoms with Crippen molar-refractivity contribution in [2.45, 2.75) is 52.1 Å². The molecule has 3 heteroatoms. The molecule has 0 radical (unpaired) electrons. The minimum Gasteiger partial charge on any atom is -0.493 e. The number of ketones is 1. The van der Waals surface area contributed by atoms with Crippen molar-refractivity contribution in [2.24, 2.45) is 5.92 Å². The van der Waals surface area contributed by atoms with E-state index in [1.807, 2.05) is 12.1 Å². The van der Waals surface area contributed by atoms with Gasteiger partial charge in [-0.2, -0.15) is 0 Å². The zero-order chi connectivity index (χ0) is 14.5. The van der Waals surface area contributed by atoms with Crippen LogP contribution in [0, 0.1) is 5.92 Å². The number of ether oxygens (including phenoxy) is 2. The van der Waals surface area contributed by atoms with Gasteiger partial charge in [-0.15, -0.1) is 0 Å². The Morgan fingerprint density at radius 1 is 1.25 bits per heavy atom. The highest BCUT2D eigenvalue weighted by Gasteiger charge is 2.26. The smallest absolute Gasteiger partial charge is 0.161 e. The molecule has 1 aromatic rings. The molecule has 2 rings (SSSR count). The highest BCUT2D eigenvalue weighted by Crippen LogP contribution is 2.35. The molecule has 20 heavy (non-hydrogen) atoms. The summed E-state index contributed by atoms with van der Waals surface area (Å²) in [6, 6.07) is 5.43. The van der Waals surface area contributed by atoms with E-state index in [1.54, 1.807) is 20.1 Å². The van der Waals surface area contributed by atoms with Crippen LogP contribution in [0.2, 0.25) is 0 Å². The van der Waals surface area contributed by atoms with E-state index >= 15 is 0 Å². The second kappa shape index (κ2) is 6.78. The van der Waals surface area contributed by atoms with E-state index in [1.165, 1.54) is 19.3 Å². The van der Waals surface area contributed by atoms with Gasteiger partial charge in [0.05, 0.1) is 7.11 Å². The maximum Gasteiger partial charge on any atom is 0.161 e. The van der Waals surface area contributed by atoms with Crippen LogP contribution in [0.4, 0.5) is 0 Å². The lowest BCUT2D eigenvalue weighted by atomic mass is 9.85. The number of Topliss-reactive ketones (excluding diaryl/α,β-unsaturated/α-hetero) is 1. The van der Waals surface area contributed by atoms with Gasteiger partial charge in [0.25, 0.3) is 0 Å². The largest absolute Gasteiger partial charge is 0.493 e. The normalized spacial score (nSPS) is 22.4. The van der Waals surface area contributed by atoms with Gasteiger partial charge >= 0.3 is 0 Å². The molecule has 0 aromatic heterocycles. The van der Waals surface area contributed by atoms with Crippen LogP contribution in [0.25, 0.3) is 0 Å². The molecule has 0 heterocycles. The molecule has 3 nitrogen and oxygen atoms in total. The number of methoxy groups -OCH3 is 1. The SMILES string of the molecule is CCC1CCCCC1Oc1ccc(C(C)=O)cc1OC. The van der Waals surface area contributed by atoms with Crippen molar-refractivity contribution in [2.75, 3.05) is 7.11 Å². The third-order valence-corrected chi connectivity index (χ3v) is 4.21. The molecule has 1 aliphatic carbocycles. The molecule has 1 saturated carbocycles. The molecule has 0 amide bonds. The van der Waals surface area contributed by atoms with Gasteiger partial charge in [-0.1, -0.05) is 13.3 Å². The average molecular weight is 276 g/mol. The Labute approximate surface area is 121 Å². The van der Waals surface area contributed by atoms with Crippen LogP contribution in [0.15, 0.2) is 18.2 Å². The zero-order valence-corrected chi connectivity index (χ0v) is 12.6. The fraction of sp³-hybridized carbons (Fsp3) is 0.588. The predicted octanol–water partition coefficient (Wildman–Crippen LogP) is 4.25. The van der Waals surface area contributed by atoms with Crippen LogP contribution in [-0.2, 0) is 0 Å². The Morgan fingerprint density at radius 2 is 2.00 bits per heavy atom. The second-order valence-corrected chi connectivity index (χ2v) is 5.53. The first-order valence-corrected chi connectivity index (χ1v) is 7.51. The van der Waals surface area contributed by atoms with E-state index in [-0.39, 0.29) is 11.9 Å². The Kier molecular flexibility index (Phi) is 5.05. The van der Waals surface area contributed by atoms with Crippen molar-refractivity contribution in [1.29, 1.82) is 0 Å². The van der Waals surface area contributed by atoms with Crippen LogP contribution in [-0.4, -0.2) is 19.0 Å². The molecule has 2 atom stereocenters. The van der Waals surface area contributed by atoms with Crippen LogP contribution >= 0.6 is 0 Å². The van der Waals surface area contributed by atoms with Gasteiger partial charge in [0.15, 0.2) is 17.3 Å². The number of carbonyl (C=O) groups is 1. The summed E-state index contributed by atoms with van der Waals surface area (Å²) in [5, 5.41) is 0. The summed E-state index contributed by atoms with van der Waals surface area (Å²) in [5.74, 6) is 2.07. The van der Waals surface area contributed by atoms with Gasteiger partial charge < -0.3 is 9.47 Å². The summed E-state index contributed by atoms with van der Waals surface area (Å²) >= 11 is 0. The highest BCUT2D eigenvalue weighted by molar-refractivity contribution is 5.94. The second-order valence-electron chi connectivity index (χ2n) is 5.53. The third-order valence-electron chi connectivity index (χ3n) is 4.21. The minimum atomic E-state index is 0.0407. The van der Waals surface area contributed by atoms with Crippen LogP contribution in [0.5, 0.6) is 11.5 Å². The van der Waals surface area contributed by atoms with Crippen LogP contribution in [0.3, 0.4) is 0 Å². The van der Waals surface area contributed by atoms with Gasteiger partial charge in [-0.05, 0) is 56.7 Å². The molecule has 0 aliphatic heterocycles. The first-order chi connectivity index (χ1) is 9.65. The van der Waals surface area contributed by atoms with Gasteiger partial charge in [-0.3, -0.25) is 4.79 Å². The van der Waals surface area contributed by atoms with Crippen molar-refractivity contribution in [3.8, 4) is 11.5 Å². The molecule has 1 fully saturated rings. The zero-order valence-electron chi connectivity index (χ0n) is 12.6. The summed E-state index contributed by atoms with van der Waals surface area (Å²) in [6.07, 6.45) is 6.31. The standard InChI is InChI=1S/C17H24O3/c1-4-13-7-5-6-8-15(13)20-16-10-9-14(12(2)18)11-17(16)19-3/h9-11,13,15H,4-8H2,1-3H3. The highest BCUT2D eigenvalue weighted by atomic mass is 16.5. The number of hydrogen-bond acceptors (Lipinski definition) is 3. The van der Waals surface area contributed by atoms with Crippen molar-refractivity contribution in [1.82, 2.24) is 0 Å². The van der Waals surface area contributed by atoms with E-state index in [2.05, 4.69) is 6.92 Å². The summed E-state index contributed by atoms with van der Waals surface area (Å²) < 4.78 is 11.5. The fourth-order valence-electron chi connectivity index (χ4n) is 2.94. The maximum atomic E-state index is 11.4. The topological polar surface area (TPSA) is 35.5 Å². The van der Waals surface area contributed by atoms with Crippen molar-refractivity contribution in [3.05, 3.63) is 23.8 Å². The molecule has 2 unspecified atom stereocenters. The quantitative estimate of drug-likeness (QED) is 0.754. The van der Waals surface area contributed by atoms with Crippen LogP contribution in [0.1, 0.15) is 56.3 Å².